The van der Waals surface area contributed by atoms with E-state index in [0.717, 1.165) is 41.7 Å². The summed E-state index contributed by atoms with van der Waals surface area (Å²) in [6.45, 7) is 3.94. The lowest BCUT2D eigenvalue weighted by atomic mass is 10.1. The van der Waals surface area contributed by atoms with Crippen molar-refractivity contribution in [2.45, 2.75) is 18.6 Å². The van der Waals surface area contributed by atoms with Gasteiger partial charge in [0.2, 0.25) is 0 Å². The largest absolute Gasteiger partial charge is 0.361 e. The number of amides is 1. The Hall–Kier alpha value is -1.42. The first kappa shape index (κ1) is 12.6. The molecule has 1 N–H and O–H groups in total. The Morgan fingerprint density at radius 1 is 1.47 bits per heavy atom. The molecule has 1 saturated heterocycles. The lowest BCUT2D eigenvalue weighted by Gasteiger charge is -2.32. The van der Waals surface area contributed by atoms with E-state index in [2.05, 4.69) is 11.9 Å². The highest BCUT2D eigenvalue weighted by atomic mass is 32.2. The molecule has 2 aromatic rings. The first-order valence-electron chi connectivity index (χ1n) is 6.76. The van der Waals surface area contributed by atoms with E-state index in [9.17, 15) is 4.79 Å². The van der Waals surface area contributed by atoms with Crippen LogP contribution in [-0.2, 0) is 0 Å². The molecule has 1 aliphatic heterocycles. The average Bonchev–Trinajstić information content (AvgIpc) is 2.94. The minimum absolute atomic E-state index is 0.168. The molecule has 1 amide bonds. The minimum Gasteiger partial charge on any atom is -0.361 e. The van der Waals surface area contributed by atoms with Crippen LogP contribution < -0.4 is 0 Å². The molecule has 0 aliphatic carbocycles. The second-order valence-electron chi connectivity index (χ2n) is 4.93. The van der Waals surface area contributed by atoms with Crippen LogP contribution in [0.2, 0.25) is 0 Å². The summed E-state index contributed by atoms with van der Waals surface area (Å²) in [6.07, 6.45) is 3.04. The third-order valence-electron chi connectivity index (χ3n) is 3.68. The molecule has 19 heavy (non-hydrogen) atoms. The number of fused-ring (bicyclic) bond motifs is 1. The van der Waals surface area contributed by atoms with E-state index in [1.807, 2.05) is 47.1 Å². The summed E-state index contributed by atoms with van der Waals surface area (Å²) in [5.74, 6) is 1.22. The molecule has 0 radical (unpaired) electrons. The molecule has 1 aromatic carbocycles. The van der Waals surface area contributed by atoms with Crippen molar-refractivity contribution in [3.05, 3.63) is 36.0 Å². The normalized spacial score (nSPS) is 19.8. The number of carbonyl (C=O) groups excluding carboxylic acids is 1. The SMILES string of the molecule is CCC1CN(C(=O)c2ccc3[nH]ccc3c2)CCS1. The van der Waals surface area contributed by atoms with Gasteiger partial charge in [-0.15, -0.1) is 0 Å². The van der Waals surface area contributed by atoms with E-state index < -0.39 is 0 Å². The van der Waals surface area contributed by atoms with Crippen LogP contribution in [0.5, 0.6) is 0 Å². The maximum absolute atomic E-state index is 12.5. The number of thioether (sulfide) groups is 1. The number of nitrogens with one attached hydrogen (secondary N) is 1. The van der Waals surface area contributed by atoms with Crippen molar-refractivity contribution < 1.29 is 4.79 Å². The van der Waals surface area contributed by atoms with Crippen molar-refractivity contribution in [2.75, 3.05) is 18.8 Å². The molecule has 0 saturated carbocycles. The van der Waals surface area contributed by atoms with Gasteiger partial charge in [-0.2, -0.15) is 11.8 Å². The molecule has 1 aromatic heterocycles. The van der Waals surface area contributed by atoms with Gasteiger partial charge in [0.15, 0.2) is 0 Å². The van der Waals surface area contributed by atoms with Crippen LogP contribution in [0.3, 0.4) is 0 Å². The van der Waals surface area contributed by atoms with Crippen molar-refractivity contribution >= 4 is 28.6 Å². The highest BCUT2D eigenvalue weighted by molar-refractivity contribution is 8.00. The molecule has 1 atom stereocenters. The van der Waals surface area contributed by atoms with Crippen LogP contribution >= 0.6 is 11.8 Å². The van der Waals surface area contributed by atoms with Crippen LogP contribution in [-0.4, -0.2) is 39.9 Å². The summed E-state index contributed by atoms with van der Waals surface area (Å²) >= 11 is 1.98. The molecule has 1 unspecified atom stereocenters. The molecule has 4 heteroatoms. The van der Waals surface area contributed by atoms with E-state index >= 15 is 0 Å². The lowest BCUT2D eigenvalue weighted by molar-refractivity contribution is 0.0761. The maximum Gasteiger partial charge on any atom is 0.253 e. The van der Waals surface area contributed by atoms with Crippen molar-refractivity contribution in [1.29, 1.82) is 0 Å². The van der Waals surface area contributed by atoms with Gasteiger partial charge in [0.25, 0.3) is 5.91 Å². The highest BCUT2D eigenvalue weighted by Crippen LogP contribution is 2.23. The summed E-state index contributed by atoms with van der Waals surface area (Å²) < 4.78 is 0. The molecule has 1 fully saturated rings. The zero-order valence-electron chi connectivity index (χ0n) is 11.1. The van der Waals surface area contributed by atoms with Gasteiger partial charge in [0.1, 0.15) is 0 Å². The third-order valence-corrected chi connectivity index (χ3v) is 5.05. The van der Waals surface area contributed by atoms with Gasteiger partial charge in [-0.1, -0.05) is 6.92 Å². The van der Waals surface area contributed by atoms with Crippen LogP contribution in [0.25, 0.3) is 10.9 Å². The van der Waals surface area contributed by atoms with Gasteiger partial charge in [-0.05, 0) is 30.7 Å². The third kappa shape index (κ3) is 2.50. The van der Waals surface area contributed by atoms with Gasteiger partial charge in [0, 0.05) is 46.8 Å². The molecule has 1 aliphatic rings. The molecule has 3 rings (SSSR count). The van der Waals surface area contributed by atoms with Crippen molar-refractivity contribution in [2.24, 2.45) is 0 Å². The number of hydrogen-bond acceptors (Lipinski definition) is 2. The standard InChI is InChI=1S/C15H18N2OS/c1-2-13-10-17(7-8-19-13)15(18)12-3-4-14-11(9-12)5-6-16-14/h3-6,9,13,16H,2,7-8,10H2,1H3. The van der Waals surface area contributed by atoms with Crippen LogP contribution in [0, 0.1) is 0 Å². The zero-order chi connectivity index (χ0) is 13.2. The van der Waals surface area contributed by atoms with E-state index in [1.165, 1.54) is 0 Å². The average molecular weight is 274 g/mol. The Bertz CT molecular complexity index is 593. The topological polar surface area (TPSA) is 36.1 Å². The fourth-order valence-electron chi connectivity index (χ4n) is 2.52. The fraction of sp³-hybridized carbons (Fsp3) is 0.400. The second-order valence-corrected chi connectivity index (χ2v) is 6.34. The van der Waals surface area contributed by atoms with Crippen molar-refractivity contribution in [3.8, 4) is 0 Å². The van der Waals surface area contributed by atoms with Crippen LogP contribution in [0.4, 0.5) is 0 Å². The minimum atomic E-state index is 0.168. The predicted octanol–water partition coefficient (Wildman–Crippen LogP) is 3.14. The highest BCUT2D eigenvalue weighted by Gasteiger charge is 2.23. The van der Waals surface area contributed by atoms with Crippen LogP contribution in [0.1, 0.15) is 23.7 Å². The first-order valence-corrected chi connectivity index (χ1v) is 7.81. The maximum atomic E-state index is 12.5. The molecule has 100 valence electrons. The number of benzene rings is 1. The monoisotopic (exact) mass is 274 g/mol. The molecular weight excluding hydrogens is 256 g/mol. The van der Waals surface area contributed by atoms with E-state index in [4.69, 9.17) is 0 Å². The second kappa shape index (κ2) is 5.29. The number of aromatic nitrogens is 1. The first-order chi connectivity index (χ1) is 9.28. The summed E-state index contributed by atoms with van der Waals surface area (Å²) in [5.41, 5.74) is 1.88. The van der Waals surface area contributed by atoms with Gasteiger partial charge >= 0.3 is 0 Å². The molecule has 0 spiro atoms. The van der Waals surface area contributed by atoms with E-state index in [1.54, 1.807) is 0 Å². The van der Waals surface area contributed by atoms with Crippen molar-refractivity contribution in [1.82, 2.24) is 9.88 Å². The smallest absolute Gasteiger partial charge is 0.253 e. The zero-order valence-corrected chi connectivity index (χ0v) is 11.9. The fourth-order valence-corrected chi connectivity index (χ4v) is 3.70. The Kier molecular flexibility index (Phi) is 3.51. The van der Waals surface area contributed by atoms with Gasteiger partial charge < -0.3 is 9.88 Å². The summed E-state index contributed by atoms with van der Waals surface area (Å²) in [7, 11) is 0. The summed E-state index contributed by atoms with van der Waals surface area (Å²) in [6, 6.07) is 7.90. The van der Waals surface area contributed by atoms with Gasteiger partial charge in [-0.3, -0.25) is 4.79 Å². The number of aromatic amines is 1. The number of nitrogens with zero attached hydrogens (tertiary/aromatic N) is 1. The van der Waals surface area contributed by atoms with E-state index in [-0.39, 0.29) is 5.91 Å². The van der Waals surface area contributed by atoms with Crippen LogP contribution in [0.15, 0.2) is 30.5 Å². The molecular formula is C15H18N2OS. The molecule has 2 heterocycles. The van der Waals surface area contributed by atoms with Gasteiger partial charge in [-0.25, -0.2) is 0 Å². The van der Waals surface area contributed by atoms with Crippen molar-refractivity contribution in [3.63, 3.8) is 0 Å². The molecule has 3 nitrogen and oxygen atoms in total. The van der Waals surface area contributed by atoms with Gasteiger partial charge in [0.05, 0.1) is 0 Å². The number of rotatable bonds is 2. The Balaban J connectivity index is 1.82. The number of hydrogen-bond donors (Lipinski definition) is 1. The lowest BCUT2D eigenvalue weighted by Crippen LogP contribution is -2.41. The van der Waals surface area contributed by atoms with E-state index in [0.29, 0.717) is 5.25 Å². The predicted molar refractivity (Wildman–Crippen MR) is 80.7 cm³/mol. The number of carbonyl (C=O) groups is 1. The summed E-state index contributed by atoms with van der Waals surface area (Å²) in [5, 5.41) is 1.69. The quantitative estimate of drug-likeness (QED) is 0.913. The Morgan fingerprint density at radius 3 is 3.21 bits per heavy atom. The Labute approximate surface area is 117 Å². The summed E-state index contributed by atoms with van der Waals surface area (Å²) in [4.78, 5) is 17.7. The Morgan fingerprint density at radius 2 is 2.37 bits per heavy atom. The number of H-pyrrole nitrogens is 1. The molecule has 0 bridgehead atoms.